The molecule has 1 saturated carbocycles. The number of benzene rings is 1. The number of nitrogens with zero attached hydrogens (tertiary/aromatic N) is 2. The van der Waals surface area contributed by atoms with Crippen LogP contribution in [0.4, 0.5) is 16.2 Å². The van der Waals surface area contributed by atoms with Crippen molar-refractivity contribution < 1.29 is 12.4 Å². The van der Waals surface area contributed by atoms with E-state index in [2.05, 4.69) is 22.3 Å². The highest BCUT2D eigenvalue weighted by Gasteiger charge is 2.47. The Morgan fingerprint density at radius 1 is 1.17 bits per heavy atom. The Morgan fingerprint density at radius 2 is 1.88 bits per heavy atom. The van der Waals surface area contributed by atoms with Gasteiger partial charge in [-0.1, -0.05) is 0 Å². The minimum absolute atomic E-state index is 0. The lowest BCUT2D eigenvalue weighted by Crippen LogP contribution is -2.53. The predicted octanol–water partition coefficient (Wildman–Crippen LogP) is 2.33. The van der Waals surface area contributed by atoms with Gasteiger partial charge in [0.15, 0.2) is 0 Å². The van der Waals surface area contributed by atoms with Crippen molar-refractivity contribution in [3.63, 3.8) is 0 Å². The molecule has 1 atom stereocenters. The summed E-state index contributed by atoms with van der Waals surface area (Å²) in [7, 11) is 0. The van der Waals surface area contributed by atoms with Gasteiger partial charge in [0.2, 0.25) is 5.91 Å². The van der Waals surface area contributed by atoms with Crippen LogP contribution in [0.25, 0.3) is 0 Å². The number of nitrogens with two attached hydrogens (primary N) is 1. The van der Waals surface area contributed by atoms with Gasteiger partial charge in [-0.05, 0) is 61.8 Å². The van der Waals surface area contributed by atoms with Crippen LogP contribution in [0.2, 0.25) is 0 Å². The van der Waals surface area contributed by atoms with Gasteiger partial charge in [-0.15, -0.1) is 0 Å². The maximum atomic E-state index is 12.5. The zero-order valence-corrected chi connectivity index (χ0v) is 13.8. The monoisotopic (exact) mass is 332 g/mol. The number of hydrogen-bond donors (Lipinski definition) is 2. The molecule has 1 aliphatic carbocycles. The van der Waals surface area contributed by atoms with Crippen molar-refractivity contribution in [1.29, 1.82) is 0 Å². The van der Waals surface area contributed by atoms with E-state index in [1.807, 2.05) is 12.1 Å². The van der Waals surface area contributed by atoms with Crippen molar-refractivity contribution >= 4 is 23.3 Å². The summed E-state index contributed by atoms with van der Waals surface area (Å²) < 4.78 is 0. The fraction of sp³-hybridized carbons (Fsp3) is 0.556. The molecule has 24 heavy (non-hydrogen) atoms. The largest absolute Gasteiger partial charge is 0.371 e. The summed E-state index contributed by atoms with van der Waals surface area (Å²) in [6.45, 7) is 2.98. The molecule has 1 aromatic rings. The van der Waals surface area contributed by atoms with Gasteiger partial charge in [-0.2, -0.15) is 0 Å². The average molecular weight is 332 g/mol. The normalized spacial score (nSPS) is 25.2. The molecule has 4 rings (SSSR count). The highest BCUT2D eigenvalue weighted by atomic mass is 16.2. The second-order valence-corrected chi connectivity index (χ2v) is 7.38. The first kappa shape index (κ1) is 15.3. The summed E-state index contributed by atoms with van der Waals surface area (Å²) in [6, 6.07) is 7.08. The van der Waals surface area contributed by atoms with Gasteiger partial charge in [-0.3, -0.25) is 4.79 Å². The Bertz CT molecular complexity index is 664. The molecule has 3 amide bonds. The number of nitrogens with one attached hydrogen (secondary N) is 1. The Hall–Kier alpha value is -2.24. The minimum atomic E-state index is -0.645. The molecule has 6 heteroatoms. The lowest BCUT2D eigenvalue weighted by molar-refractivity contribution is -0.121. The molecule has 2 heterocycles. The quantitative estimate of drug-likeness (QED) is 0.891. The number of primary amides is 1. The molecule has 2 aliphatic heterocycles. The Morgan fingerprint density at radius 3 is 2.50 bits per heavy atom. The molecule has 0 unspecified atom stereocenters. The first-order valence-electron chi connectivity index (χ1n) is 8.79. The van der Waals surface area contributed by atoms with Crippen molar-refractivity contribution in [3.05, 3.63) is 24.3 Å². The molecule has 2 saturated heterocycles. The lowest BCUT2D eigenvalue weighted by atomic mass is 10.0. The van der Waals surface area contributed by atoms with Crippen molar-refractivity contribution in [1.82, 2.24) is 5.32 Å². The molecule has 132 valence electrons. The SMILES string of the molecule is NC(=O)N[C@@H]1CCCN(c2ccc(N3CCC4(CC4)C3)cc2)C1=O.[HH].[HH]. The number of anilines is 2. The number of carbonyl (C=O) groups is 2. The highest BCUT2D eigenvalue weighted by Crippen LogP contribution is 2.53. The zero-order valence-electron chi connectivity index (χ0n) is 13.8. The van der Waals surface area contributed by atoms with Crippen molar-refractivity contribution in [2.75, 3.05) is 29.4 Å². The van der Waals surface area contributed by atoms with E-state index in [-0.39, 0.29) is 8.76 Å². The molecule has 1 aromatic carbocycles. The fourth-order valence-corrected chi connectivity index (χ4v) is 4.02. The summed E-state index contributed by atoms with van der Waals surface area (Å²) in [5.41, 5.74) is 7.89. The second-order valence-electron chi connectivity index (χ2n) is 7.38. The van der Waals surface area contributed by atoms with E-state index in [0.29, 0.717) is 18.4 Å². The zero-order chi connectivity index (χ0) is 16.7. The van der Waals surface area contributed by atoms with E-state index in [1.54, 1.807) is 4.90 Å². The fourth-order valence-electron chi connectivity index (χ4n) is 4.02. The molecule has 6 nitrogen and oxygen atoms in total. The molecule has 3 fully saturated rings. The van der Waals surface area contributed by atoms with Gasteiger partial charge in [0, 0.05) is 33.9 Å². The van der Waals surface area contributed by atoms with Crippen molar-refractivity contribution in [3.8, 4) is 0 Å². The number of urea groups is 1. The number of carbonyl (C=O) groups excluding carboxylic acids is 2. The summed E-state index contributed by atoms with van der Waals surface area (Å²) in [4.78, 5) is 27.8. The summed E-state index contributed by atoms with van der Waals surface area (Å²) in [6.07, 6.45) is 5.55. The van der Waals surface area contributed by atoms with Gasteiger partial charge >= 0.3 is 6.03 Å². The van der Waals surface area contributed by atoms with Crippen molar-refractivity contribution in [2.24, 2.45) is 11.1 Å². The molecule has 0 radical (unpaired) electrons. The van der Waals surface area contributed by atoms with E-state index in [4.69, 9.17) is 5.73 Å². The topological polar surface area (TPSA) is 78.7 Å². The Kier molecular flexibility index (Phi) is 3.62. The number of hydrogen-bond acceptors (Lipinski definition) is 3. The Labute approximate surface area is 144 Å². The predicted molar refractivity (Wildman–Crippen MR) is 97.3 cm³/mol. The molecule has 0 bridgehead atoms. The third-order valence-electron chi connectivity index (χ3n) is 5.68. The van der Waals surface area contributed by atoms with Crippen LogP contribution in [0.3, 0.4) is 0 Å². The molecule has 3 aliphatic rings. The van der Waals surface area contributed by atoms with E-state index in [1.165, 1.54) is 31.5 Å². The highest BCUT2D eigenvalue weighted by molar-refractivity contribution is 5.99. The molecule has 3 N–H and O–H groups in total. The van der Waals surface area contributed by atoms with Crippen LogP contribution in [0.1, 0.15) is 35.0 Å². The summed E-state index contributed by atoms with van der Waals surface area (Å²) in [5.74, 6) is -0.0779. The number of rotatable bonds is 3. The Balaban J connectivity index is 0.00000121. The van der Waals surface area contributed by atoms with Crippen LogP contribution in [-0.4, -0.2) is 37.6 Å². The maximum absolute atomic E-state index is 12.5. The van der Waals surface area contributed by atoms with Gasteiger partial charge in [0.1, 0.15) is 6.04 Å². The lowest BCUT2D eigenvalue weighted by Gasteiger charge is -2.32. The summed E-state index contributed by atoms with van der Waals surface area (Å²) >= 11 is 0. The summed E-state index contributed by atoms with van der Waals surface area (Å²) in [5, 5.41) is 2.54. The van der Waals surface area contributed by atoms with Crippen LogP contribution >= 0.6 is 0 Å². The smallest absolute Gasteiger partial charge is 0.312 e. The van der Waals surface area contributed by atoms with Crippen LogP contribution in [0.15, 0.2) is 24.3 Å². The van der Waals surface area contributed by atoms with E-state index >= 15 is 0 Å². The standard InChI is InChI=1S/C18H24N4O2.2H2/c19-17(24)20-15-2-1-10-22(16(15)23)14-5-3-13(4-6-14)21-11-9-18(12-21)7-8-18;;/h3-6,15H,1-2,7-12H2,(H3,19,20,24);2*1H/t15-;;/m1../s1. The maximum Gasteiger partial charge on any atom is 0.312 e. The van der Waals surface area contributed by atoms with E-state index < -0.39 is 12.1 Å². The van der Waals surface area contributed by atoms with Gasteiger partial charge < -0.3 is 20.9 Å². The molecule has 1 spiro atoms. The van der Waals surface area contributed by atoms with Crippen LogP contribution < -0.4 is 20.9 Å². The minimum Gasteiger partial charge on any atom is -0.371 e. The first-order chi connectivity index (χ1) is 11.6. The third-order valence-corrected chi connectivity index (χ3v) is 5.68. The number of amides is 3. The van der Waals surface area contributed by atoms with E-state index in [9.17, 15) is 9.59 Å². The molecule has 0 aromatic heterocycles. The van der Waals surface area contributed by atoms with Crippen molar-refractivity contribution in [2.45, 2.75) is 38.1 Å². The van der Waals surface area contributed by atoms with Gasteiger partial charge in [0.25, 0.3) is 0 Å². The van der Waals surface area contributed by atoms with Gasteiger partial charge in [0.05, 0.1) is 0 Å². The van der Waals surface area contributed by atoms with Crippen LogP contribution in [-0.2, 0) is 4.79 Å². The van der Waals surface area contributed by atoms with Crippen LogP contribution in [0.5, 0.6) is 0 Å². The second kappa shape index (κ2) is 5.69. The third kappa shape index (κ3) is 2.81. The molecular formula is C18H28N4O2. The first-order valence-corrected chi connectivity index (χ1v) is 8.79. The number of piperidine rings is 1. The van der Waals surface area contributed by atoms with Gasteiger partial charge in [-0.25, -0.2) is 4.79 Å². The molecular weight excluding hydrogens is 304 g/mol. The average Bonchev–Trinajstić information content (AvgIpc) is 3.19. The van der Waals surface area contributed by atoms with Crippen LogP contribution in [0, 0.1) is 5.41 Å². The van der Waals surface area contributed by atoms with E-state index in [0.717, 1.165) is 18.7 Å².